The molecule has 10 aromatic rings. The average Bonchev–Trinajstić information content (AvgIpc) is 3.47. The van der Waals surface area contributed by atoms with Gasteiger partial charge in [-0.15, -0.1) is 0 Å². The van der Waals surface area contributed by atoms with E-state index in [0.29, 0.717) is 0 Å². The predicted molar refractivity (Wildman–Crippen MR) is 273 cm³/mol. The monoisotopic (exact) mass is 818 g/mol. The summed E-state index contributed by atoms with van der Waals surface area (Å²) in [5, 5.41) is 1.25. The molecule has 0 aliphatic heterocycles. The summed E-state index contributed by atoms with van der Waals surface area (Å²) >= 11 is 0. The maximum atomic E-state index is 2.46. The van der Waals surface area contributed by atoms with Gasteiger partial charge in [-0.3, -0.25) is 0 Å². The highest BCUT2D eigenvalue weighted by Crippen LogP contribution is 2.46. The molecule has 0 bridgehead atoms. The van der Waals surface area contributed by atoms with Crippen molar-refractivity contribution in [3.63, 3.8) is 0 Å². The van der Waals surface area contributed by atoms with Crippen LogP contribution in [-0.2, 0) is 0 Å². The largest absolute Gasteiger partial charge is 0.310 e. The van der Waals surface area contributed by atoms with Gasteiger partial charge in [-0.1, -0.05) is 176 Å². The summed E-state index contributed by atoms with van der Waals surface area (Å²) in [6, 6.07) is 81.7. The number of rotatable bonds is 9. The SMILES string of the molecule is Cc1cccc(N(c2ccc(-c3ccc4c(c3)c3c(n4-c4ccccc4)C=CCC=C3)cc2)c2cc(-c3ccccc3)cc(-c3ccccc3)c2)c1-c1cccc(-c2ccccc2)c1. The van der Waals surface area contributed by atoms with E-state index in [2.05, 4.69) is 265 Å². The van der Waals surface area contributed by atoms with Crippen LogP contribution in [-0.4, -0.2) is 4.57 Å². The molecule has 2 heteroatoms. The minimum absolute atomic E-state index is 0.921. The predicted octanol–water partition coefficient (Wildman–Crippen LogP) is 17.2. The molecular weight excluding hydrogens is 773 g/mol. The summed E-state index contributed by atoms with van der Waals surface area (Å²) in [7, 11) is 0. The van der Waals surface area contributed by atoms with Crippen molar-refractivity contribution in [2.75, 3.05) is 4.90 Å². The van der Waals surface area contributed by atoms with Crippen molar-refractivity contribution >= 4 is 40.1 Å². The molecule has 0 unspecified atom stereocenters. The Bertz CT molecular complexity index is 3260. The number of anilines is 3. The van der Waals surface area contributed by atoms with E-state index < -0.39 is 0 Å². The van der Waals surface area contributed by atoms with Crippen molar-refractivity contribution in [3.05, 3.63) is 253 Å². The van der Waals surface area contributed by atoms with Gasteiger partial charge < -0.3 is 9.47 Å². The molecule has 11 rings (SSSR count). The van der Waals surface area contributed by atoms with Gasteiger partial charge in [0, 0.05) is 33.6 Å². The van der Waals surface area contributed by atoms with Crippen molar-refractivity contribution in [1.29, 1.82) is 0 Å². The molecule has 0 radical (unpaired) electrons. The van der Waals surface area contributed by atoms with Gasteiger partial charge in [-0.25, -0.2) is 0 Å². The summed E-state index contributed by atoms with van der Waals surface area (Å²) in [4.78, 5) is 2.46. The van der Waals surface area contributed by atoms with E-state index in [4.69, 9.17) is 0 Å². The third kappa shape index (κ3) is 7.36. The first-order valence-electron chi connectivity index (χ1n) is 22.2. The maximum Gasteiger partial charge on any atom is 0.0542 e. The summed E-state index contributed by atoms with van der Waals surface area (Å²) in [6.45, 7) is 2.23. The van der Waals surface area contributed by atoms with Crippen molar-refractivity contribution in [2.24, 2.45) is 0 Å². The Morgan fingerprint density at radius 2 is 0.906 bits per heavy atom. The van der Waals surface area contributed by atoms with Crippen LogP contribution < -0.4 is 4.90 Å². The minimum Gasteiger partial charge on any atom is -0.310 e. The first-order valence-corrected chi connectivity index (χ1v) is 22.2. The number of allylic oxidation sites excluding steroid dienone is 2. The second-order valence-corrected chi connectivity index (χ2v) is 16.5. The molecule has 1 aliphatic rings. The number of nitrogens with zero attached hydrogens (tertiary/aromatic N) is 2. The van der Waals surface area contributed by atoms with Gasteiger partial charge in [0.25, 0.3) is 0 Å². The zero-order chi connectivity index (χ0) is 42.8. The molecule has 1 aromatic heterocycles. The molecule has 0 N–H and O–H groups in total. The average molecular weight is 819 g/mol. The smallest absolute Gasteiger partial charge is 0.0542 e. The van der Waals surface area contributed by atoms with Crippen molar-refractivity contribution in [3.8, 4) is 61.3 Å². The highest BCUT2D eigenvalue weighted by atomic mass is 15.1. The number of aromatic nitrogens is 1. The van der Waals surface area contributed by atoms with Gasteiger partial charge in [-0.05, 0) is 142 Å². The summed E-state index contributed by atoms with van der Waals surface area (Å²) in [5.74, 6) is 0. The molecule has 0 spiro atoms. The molecule has 304 valence electrons. The number of aryl methyl sites for hydroxylation is 1. The number of para-hydroxylation sites is 1. The van der Waals surface area contributed by atoms with Crippen molar-refractivity contribution in [2.45, 2.75) is 13.3 Å². The van der Waals surface area contributed by atoms with Crippen molar-refractivity contribution in [1.82, 2.24) is 4.57 Å². The van der Waals surface area contributed by atoms with E-state index in [1.165, 1.54) is 77.9 Å². The third-order valence-electron chi connectivity index (χ3n) is 12.5. The number of hydrogen-bond acceptors (Lipinski definition) is 1. The highest BCUT2D eigenvalue weighted by Gasteiger charge is 2.22. The van der Waals surface area contributed by atoms with E-state index in [9.17, 15) is 0 Å². The van der Waals surface area contributed by atoms with E-state index in [0.717, 1.165) is 34.6 Å². The third-order valence-corrected chi connectivity index (χ3v) is 12.5. The lowest BCUT2D eigenvalue weighted by Gasteiger charge is -2.30. The van der Waals surface area contributed by atoms with Crippen LogP contribution in [0, 0.1) is 6.92 Å². The van der Waals surface area contributed by atoms with E-state index >= 15 is 0 Å². The Morgan fingerprint density at radius 1 is 0.391 bits per heavy atom. The van der Waals surface area contributed by atoms with Gasteiger partial charge in [0.1, 0.15) is 0 Å². The molecule has 0 amide bonds. The van der Waals surface area contributed by atoms with Crippen LogP contribution in [0.2, 0.25) is 0 Å². The van der Waals surface area contributed by atoms with Gasteiger partial charge in [0.05, 0.1) is 16.9 Å². The van der Waals surface area contributed by atoms with E-state index in [1.807, 2.05) is 0 Å². The van der Waals surface area contributed by atoms with E-state index in [-0.39, 0.29) is 0 Å². The molecular formula is C62H46N2. The fourth-order valence-corrected chi connectivity index (χ4v) is 9.42. The standard InChI is InChI=1S/C62H46N2/c1-44-19-17-32-61(62(44)51-27-18-26-49(39-51)45-20-7-2-8-21-45)63(56-41-52(46-22-9-3-10-23-46)40-53(42-56)47-24-11-4-12-25-47)55-36-33-48(34-37-55)50-35-38-60-58(43-50)57-30-15-6-16-31-59(57)64(60)54-28-13-5-14-29-54/h2-5,7-43H,6H2,1H3. The fraction of sp³-hybridized carbons (Fsp3) is 0.0323. The lowest BCUT2D eigenvalue weighted by molar-refractivity contribution is 1.10. The lowest BCUT2D eigenvalue weighted by Crippen LogP contribution is -2.12. The Hall–Kier alpha value is -8.20. The fourth-order valence-electron chi connectivity index (χ4n) is 9.42. The second kappa shape index (κ2) is 16.9. The van der Waals surface area contributed by atoms with Crippen LogP contribution >= 0.6 is 0 Å². The Morgan fingerprint density at radius 3 is 1.58 bits per heavy atom. The lowest BCUT2D eigenvalue weighted by atomic mass is 9.93. The Kier molecular flexibility index (Phi) is 10.2. The summed E-state index contributed by atoms with van der Waals surface area (Å²) in [6.07, 6.45) is 10.0. The molecule has 0 fully saturated rings. The molecule has 64 heavy (non-hydrogen) atoms. The maximum absolute atomic E-state index is 2.46. The van der Waals surface area contributed by atoms with Crippen molar-refractivity contribution < 1.29 is 0 Å². The molecule has 1 aliphatic carbocycles. The van der Waals surface area contributed by atoms with E-state index in [1.54, 1.807) is 0 Å². The summed E-state index contributed by atoms with van der Waals surface area (Å²) in [5.41, 5.74) is 21.2. The number of fused-ring (bicyclic) bond motifs is 3. The first-order chi connectivity index (χ1) is 31.7. The molecule has 0 atom stereocenters. The Labute approximate surface area is 376 Å². The van der Waals surface area contributed by atoms with Gasteiger partial charge in [0.15, 0.2) is 0 Å². The van der Waals surface area contributed by atoms with Crippen LogP contribution in [0.3, 0.4) is 0 Å². The van der Waals surface area contributed by atoms with Crippen LogP contribution in [0.5, 0.6) is 0 Å². The molecule has 9 aromatic carbocycles. The molecule has 0 saturated heterocycles. The van der Waals surface area contributed by atoms with Crippen LogP contribution in [0.15, 0.2) is 237 Å². The minimum atomic E-state index is 0.921. The first kappa shape index (κ1) is 38.7. The second-order valence-electron chi connectivity index (χ2n) is 16.5. The van der Waals surface area contributed by atoms with Crippen LogP contribution in [0.1, 0.15) is 23.2 Å². The number of benzene rings is 9. The molecule has 2 nitrogen and oxygen atoms in total. The zero-order valence-electron chi connectivity index (χ0n) is 35.8. The molecule has 1 heterocycles. The van der Waals surface area contributed by atoms with Crippen LogP contribution in [0.4, 0.5) is 17.1 Å². The highest BCUT2D eigenvalue weighted by molar-refractivity contribution is 5.99. The normalized spacial score (nSPS) is 12.0. The van der Waals surface area contributed by atoms with Crippen LogP contribution in [0.25, 0.3) is 84.4 Å². The van der Waals surface area contributed by atoms with Gasteiger partial charge in [-0.2, -0.15) is 0 Å². The van der Waals surface area contributed by atoms with Gasteiger partial charge in [0.2, 0.25) is 0 Å². The molecule has 0 saturated carbocycles. The zero-order valence-corrected chi connectivity index (χ0v) is 35.8. The number of hydrogen-bond donors (Lipinski definition) is 0. The van der Waals surface area contributed by atoms with Gasteiger partial charge >= 0.3 is 0 Å². The topological polar surface area (TPSA) is 8.17 Å². The summed E-state index contributed by atoms with van der Waals surface area (Å²) < 4.78 is 2.39. The quantitative estimate of drug-likeness (QED) is 0.141. The Balaban J connectivity index is 1.09.